The molecule has 1 fully saturated rings. The molecular formula is C19H25N3O4. The van der Waals surface area contributed by atoms with Gasteiger partial charge in [0.05, 0.1) is 6.54 Å². The lowest BCUT2D eigenvalue weighted by molar-refractivity contribution is 0.0696. The molecule has 2 aromatic rings. The molecule has 0 spiro atoms. The van der Waals surface area contributed by atoms with Gasteiger partial charge in [0.1, 0.15) is 22.9 Å². The van der Waals surface area contributed by atoms with Gasteiger partial charge in [-0.25, -0.2) is 9.78 Å². The van der Waals surface area contributed by atoms with Crippen molar-refractivity contribution >= 4 is 11.8 Å². The fraction of sp³-hybridized carbons (Fsp3) is 0.474. The number of piperazine rings is 1. The number of rotatable bonds is 6. The fourth-order valence-electron chi connectivity index (χ4n) is 3.44. The lowest BCUT2D eigenvalue weighted by atomic mass is 10.1. The van der Waals surface area contributed by atoms with Crippen molar-refractivity contribution in [3.63, 3.8) is 0 Å². The quantitative estimate of drug-likeness (QED) is 0.816. The van der Waals surface area contributed by atoms with Crippen molar-refractivity contribution in [1.29, 1.82) is 0 Å². The van der Waals surface area contributed by atoms with Gasteiger partial charge in [0, 0.05) is 38.0 Å². The smallest absolute Gasteiger partial charge is 0.339 e. The Kier molecular flexibility index (Phi) is 5.58. The van der Waals surface area contributed by atoms with E-state index in [2.05, 4.69) is 9.88 Å². The van der Waals surface area contributed by atoms with Gasteiger partial charge in [0.15, 0.2) is 0 Å². The molecule has 2 aromatic heterocycles. The predicted molar refractivity (Wildman–Crippen MR) is 97.5 cm³/mol. The summed E-state index contributed by atoms with van der Waals surface area (Å²) in [7, 11) is 0. The molecule has 3 rings (SSSR count). The summed E-state index contributed by atoms with van der Waals surface area (Å²) >= 11 is 0. The fourth-order valence-corrected chi connectivity index (χ4v) is 3.44. The average Bonchev–Trinajstić information content (AvgIpc) is 3.01. The van der Waals surface area contributed by atoms with Crippen LogP contribution in [0, 0.1) is 13.8 Å². The van der Waals surface area contributed by atoms with E-state index in [4.69, 9.17) is 4.42 Å². The number of carbonyl (C=O) groups is 1. The Labute approximate surface area is 152 Å². The van der Waals surface area contributed by atoms with Crippen molar-refractivity contribution in [2.24, 2.45) is 0 Å². The van der Waals surface area contributed by atoms with Crippen LogP contribution in [0.15, 0.2) is 28.7 Å². The molecule has 7 nitrogen and oxygen atoms in total. The van der Waals surface area contributed by atoms with Gasteiger partial charge < -0.3 is 19.5 Å². The molecule has 3 heterocycles. The number of carboxylic acid groups (broad SMARTS) is 1. The van der Waals surface area contributed by atoms with Crippen LogP contribution in [0.25, 0.3) is 0 Å². The molecule has 0 radical (unpaired) electrons. The lowest BCUT2D eigenvalue weighted by Gasteiger charge is -2.42. The van der Waals surface area contributed by atoms with E-state index in [9.17, 15) is 15.0 Å². The molecule has 26 heavy (non-hydrogen) atoms. The zero-order valence-corrected chi connectivity index (χ0v) is 15.2. The third-order valence-corrected chi connectivity index (χ3v) is 4.77. The summed E-state index contributed by atoms with van der Waals surface area (Å²) in [6.45, 7) is 6.59. The molecule has 0 aliphatic carbocycles. The van der Waals surface area contributed by atoms with Crippen molar-refractivity contribution < 1.29 is 19.4 Å². The molecule has 0 saturated carbocycles. The summed E-state index contributed by atoms with van der Waals surface area (Å²) in [6.07, 6.45) is 0.615. The van der Waals surface area contributed by atoms with Crippen LogP contribution in [0.4, 0.5) is 5.82 Å². The highest BCUT2D eigenvalue weighted by atomic mass is 16.4. The van der Waals surface area contributed by atoms with E-state index in [1.54, 1.807) is 12.1 Å². The average molecular weight is 359 g/mol. The largest absolute Gasteiger partial charge is 0.478 e. The van der Waals surface area contributed by atoms with Gasteiger partial charge in [-0.2, -0.15) is 0 Å². The molecule has 0 aromatic carbocycles. The Hall–Kier alpha value is -2.38. The van der Waals surface area contributed by atoms with Crippen LogP contribution in [-0.4, -0.2) is 58.3 Å². The van der Waals surface area contributed by atoms with Crippen molar-refractivity contribution in [1.82, 2.24) is 9.88 Å². The first-order chi connectivity index (χ1) is 12.5. The monoisotopic (exact) mass is 359 g/mol. The summed E-state index contributed by atoms with van der Waals surface area (Å²) in [6, 6.07) is 7.35. The van der Waals surface area contributed by atoms with Crippen LogP contribution < -0.4 is 4.90 Å². The van der Waals surface area contributed by atoms with E-state index >= 15 is 0 Å². The van der Waals surface area contributed by atoms with Crippen molar-refractivity contribution in [3.05, 3.63) is 47.0 Å². The summed E-state index contributed by atoms with van der Waals surface area (Å²) in [5.74, 6) is 1.32. The minimum Gasteiger partial charge on any atom is -0.478 e. The second-order valence-corrected chi connectivity index (χ2v) is 6.72. The Morgan fingerprint density at radius 3 is 2.73 bits per heavy atom. The summed E-state index contributed by atoms with van der Waals surface area (Å²) in [5, 5.41) is 18.9. The van der Waals surface area contributed by atoms with E-state index in [1.807, 2.05) is 30.9 Å². The first kappa shape index (κ1) is 18.4. The SMILES string of the molecule is Cc1ccc(C(=O)O)c(N2CCN(Cc3ccc(C)o3)[C@H](CCO)C2)n1. The van der Waals surface area contributed by atoms with E-state index in [-0.39, 0.29) is 18.2 Å². The highest BCUT2D eigenvalue weighted by Crippen LogP contribution is 2.24. The van der Waals surface area contributed by atoms with E-state index in [1.165, 1.54) is 0 Å². The number of aliphatic hydroxyl groups excluding tert-OH is 1. The topological polar surface area (TPSA) is 90.0 Å². The number of aryl methyl sites for hydroxylation is 2. The Morgan fingerprint density at radius 1 is 1.27 bits per heavy atom. The van der Waals surface area contributed by atoms with Crippen LogP contribution >= 0.6 is 0 Å². The molecule has 0 bridgehead atoms. The van der Waals surface area contributed by atoms with Gasteiger partial charge in [-0.3, -0.25) is 4.90 Å². The van der Waals surface area contributed by atoms with Gasteiger partial charge in [0.2, 0.25) is 0 Å². The number of hydrogen-bond acceptors (Lipinski definition) is 6. The molecule has 0 amide bonds. The van der Waals surface area contributed by atoms with Gasteiger partial charge in [0.25, 0.3) is 0 Å². The van der Waals surface area contributed by atoms with Gasteiger partial charge >= 0.3 is 5.97 Å². The Balaban J connectivity index is 1.79. The van der Waals surface area contributed by atoms with Crippen molar-refractivity contribution in [2.75, 3.05) is 31.1 Å². The van der Waals surface area contributed by atoms with E-state index in [0.717, 1.165) is 23.8 Å². The first-order valence-corrected chi connectivity index (χ1v) is 8.84. The molecule has 140 valence electrons. The zero-order valence-electron chi connectivity index (χ0n) is 15.2. The molecule has 7 heteroatoms. The highest BCUT2D eigenvalue weighted by molar-refractivity contribution is 5.93. The summed E-state index contributed by atoms with van der Waals surface area (Å²) in [5.41, 5.74) is 1.01. The number of carboxylic acids is 1. The lowest BCUT2D eigenvalue weighted by Crippen LogP contribution is -2.53. The predicted octanol–water partition coefficient (Wildman–Crippen LogP) is 2.06. The van der Waals surface area contributed by atoms with Crippen LogP contribution in [0.5, 0.6) is 0 Å². The molecule has 0 unspecified atom stereocenters. The number of nitrogens with zero attached hydrogens (tertiary/aromatic N) is 3. The number of aliphatic hydroxyl groups is 1. The molecule has 1 atom stereocenters. The van der Waals surface area contributed by atoms with Gasteiger partial charge in [-0.1, -0.05) is 0 Å². The van der Waals surface area contributed by atoms with Gasteiger partial charge in [-0.15, -0.1) is 0 Å². The van der Waals surface area contributed by atoms with Crippen LogP contribution in [-0.2, 0) is 6.54 Å². The second kappa shape index (κ2) is 7.88. The summed E-state index contributed by atoms with van der Waals surface area (Å²) in [4.78, 5) is 20.3. The first-order valence-electron chi connectivity index (χ1n) is 8.84. The molecule has 2 N–H and O–H groups in total. The molecular weight excluding hydrogens is 334 g/mol. The molecule has 1 saturated heterocycles. The zero-order chi connectivity index (χ0) is 18.7. The van der Waals surface area contributed by atoms with Crippen molar-refractivity contribution in [2.45, 2.75) is 32.9 Å². The second-order valence-electron chi connectivity index (χ2n) is 6.72. The van der Waals surface area contributed by atoms with Crippen LogP contribution in [0.1, 0.15) is 34.0 Å². The van der Waals surface area contributed by atoms with E-state index in [0.29, 0.717) is 31.9 Å². The van der Waals surface area contributed by atoms with Gasteiger partial charge in [-0.05, 0) is 44.5 Å². The van der Waals surface area contributed by atoms with Crippen LogP contribution in [0.2, 0.25) is 0 Å². The van der Waals surface area contributed by atoms with Crippen LogP contribution in [0.3, 0.4) is 0 Å². The minimum absolute atomic E-state index is 0.0826. The standard InChI is InChI=1S/C19H25N3O4/c1-13-3-6-17(19(24)25)18(20-13)22-9-8-21(15(11-22)7-10-23)12-16-5-4-14(2)26-16/h3-6,15,23H,7-12H2,1-2H3,(H,24,25)/t15-/m1/s1. The molecule has 1 aliphatic rings. The Bertz CT molecular complexity index is 774. The number of aromatic nitrogens is 1. The maximum atomic E-state index is 11.6. The van der Waals surface area contributed by atoms with E-state index < -0.39 is 5.97 Å². The number of pyridine rings is 1. The minimum atomic E-state index is -0.973. The summed E-state index contributed by atoms with van der Waals surface area (Å²) < 4.78 is 5.68. The maximum absolute atomic E-state index is 11.6. The molecule has 1 aliphatic heterocycles. The third-order valence-electron chi connectivity index (χ3n) is 4.77. The maximum Gasteiger partial charge on any atom is 0.339 e. The highest BCUT2D eigenvalue weighted by Gasteiger charge is 2.30. The normalized spacial score (nSPS) is 18.3. The third kappa shape index (κ3) is 4.05. The number of aromatic carboxylic acids is 1. The Morgan fingerprint density at radius 2 is 2.08 bits per heavy atom. The number of furan rings is 1. The number of hydrogen-bond donors (Lipinski definition) is 2. The van der Waals surface area contributed by atoms with Crippen molar-refractivity contribution in [3.8, 4) is 0 Å². The number of anilines is 1.